The number of carbonyl (C=O) groups excluding carboxylic acids is 1. The zero-order valence-corrected chi connectivity index (χ0v) is 13.2. The molecular formula is C18H28N2O. The van der Waals surface area contributed by atoms with Crippen molar-refractivity contribution in [3.05, 3.63) is 35.4 Å². The molecule has 0 radical (unpaired) electrons. The van der Waals surface area contributed by atoms with Crippen LogP contribution < -0.4 is 5.73 Å². The monoisotopic (exact) mass is 288 g/mol. The van der Waals surface area contributed by atoms with Crippen LogP contribution in [0.4, 0.5) is 0 Å². The Morgan fingerprint density at radius 2 is 1.81 bits per heavy atom. The van der Waals surface area contributed by atoms with Gasteiger partial charge in [0.1, 0.15) is 0 Å². The Labute approximate surface area is 128 Å². The summed E-state index contributed by atoms with van der Waals surface area (Å²) in [5.74, 6) is 0.314. The van der Waals surface area contributed by atoms with Crippen molar-refractivity contribution in [1.29, 1.82) is 0 Å². The largest absolute Gasteiger partial charge is 0.335 e. The normalized spacial score (nSPS) is 14.2. The highest BCUT2D eigenvalue weighted by molar-refractivity contribution is 5.76. The summed E-state index contributed by atoms with van der Waals surface area (Å²) in [5, 5.41) is 0. The van der Waals surface area contributed by atoms with Gasteiger partial charge < -0.3 is 10.6 Å². The summed E-state index contributed by atoms with van der Waals surface area (Å²) in [6.45, 7) is 3.66. The van der Waals surface area contributed by atoms with Gasteiger partial charge in [-0.25, -0.2) is 0 Å². The number of nitrogens with two attached hydrogens (primary N) is 1. The van der Waals surface area contributed by atoms with Gasteiger partial charge in [-0.15, -0.1) is 0 Å². The van der Waals surface area contributed by atoms with Crippen molar-refractivity contribution in [2.45, 2.75) is 64.5 Å². The minimum absolute atomic E-state index is 0.314. The Kier molecular flexibility index (Phi) is 6.24. The number of carbonyl (C=O) groups is 1. The summed E-state index contributed by atoms with van der Waals surface area (Å²) >= 11 is 0. The molecular weight excluding hydrogens is 260 g/mol. The quantitative estimate of drug-likeness (QED) is 0.709. The van der Waals surface area contributed by atoms with Gasteiger partial charge in [-0.2, -0.15) is 0 Å². The molecule has 0 bridgehead atoms. The summed E-state index contributed by atoms with van der Waals surface area (Å²) < 4.78 is 0. The van der Waals surface area contributed by atoms with Crippen molar-refractivity contribution in [3.63, 3.8) is 0 Å². The molecule has 0 aromatic heterocycles. The SMILES string of the molecule is CCc1ccc(CN(C(=O)CCCCCN)C2CC2)cc1. The van der Waals surface area contributed by atoms with Crippen molar-refractivity contribution < 1.29 is 4.79 Å². The third kappa shape index (κ3) is 5.16. The van der Waals surface area contributed by atoms with Gasteiger partial charge in [0.05, 0.1) is 0 Å². The first kappa shape index (κ1) is 16.0. The summed E-state index contributed by atoms with van der Waals surface area (Å²) in [6, 6.07) is 9.15. The molecule has 2 rings (SSSR count). The molecule has 3 heteroatoms. The Balaban J connectivity index is 1.87. The average molecular weight is 288 g/mol. The van der Waals surface area contributed by atoms with Gasteiger partial charge in [-0.1, -0.05) is 37.6 Å². The fraction of sp³-hybridized carbons (Fsp3) is 0.611. The molecule has 0 aliphatic heterocycles. The highest BCUT2D eigenvalue weighted by atomic mass is 16.2. The number of hydrogen-bond donors (Lipinski definition) is 1. The fourth-order valence-corrected chi connectivity index (χ4v) is 2.63. The number of unbranched alkanes of at least 4 members (excludes halogenated alkanes) is 2. The second kappa shape index (κ2) is 8.18. The lowest BCUT2D eigenvalue weighted by atomic mass is 10.1. The van der Waals surface area contributed by atoms with Gasteiger partial charge in [0.2, 0.25) is 5.91 Å². The third-order valence-electron chi connectivity index (χ3n) is 4.19. The van der Waals surface area contributed by atoms with E-state index in [0.29, 0.717) is 18.4 Å². The van der Waals surface area contributed by atoms with E-state index in [4.69, 9.17) is 5.73 Å². The second-order valence-corrected chi connectivity index (χ2v) is 6.02. The summed E-state index contributed by atoms with van der Waals surface area (Å²) in [6.07, 6.45) is 7.12. The number of nitrogens with zero attached hydrogens (tertiary/aromatic N) is 1. The molecule has 0 atom stereocenters. The third-order valence-corrected chi connectivity index (χ3v) is 4.19. The number of rotatable bonds is 9. The lowest BCUT2D eigenvalue weighted by molar-refractivity contribution is -0.132. The molecule has 116 valence electrons. The maximum atomic E-state index is 12.4. The number of benzene rings is 1. The standard InChI is InChI=1S/C18H28N2O/c1-2-15-7-9-16(10-8-15)14-20(17-11-12-17)18(21)6-4-3-5-13-19/h7-10,17H,2-6,11-14,19H2,1H3. The van der Waals surface area contributed by atoms with Gasteiger partial charge in [-0.05, 0) is 49.8 Å². The van der Waals surface area contributed by atoms with Crippen molar-refractivity contribution in [3.8, 4) is 0 Å². The van der Waals surface area contributed by atoms with Crippen molar-refractivity contribution in [2.75, 3.05) is 6.54 Å². The first-order valence-electron chi connectivity index (χ1n) is 8.32. The van der Waals surface area contributed by atoms with Crippen LogP contribution in [0.5, 0.6) is 0 Å². The Bertz CT molecular complexity index is 437. The zero-order valence-electron chi connectivity index (χ0n) is 13.2. The molecule has 21 heavy (non-hydrogen) atoms. The van der Waals surface area contributed by atoms with Crippen LogP contribution in [0.25, 0.3) is 0 Å². The Morgan fingerprint density at radius 1 is 1.14 bits per heavy atom. The minimum Gasteiger partial charge on any atom is -0.335 e. The van der Waals surface area contributed by atoms with E-state index in [0.717, 1.165) is 38.8 Å². The molecule has 1 aliphatic rings. The zero-order chi connectivity index (χ0) is 15.1. The maximum absolute atomic E-state index is 12.4. The lowest BCUT2D eigenvalue weighted by Gasteiger charge is -2.23. The summed E-state index contributed by atoms with van der Waals surface area (Å²) in [5.41, 5.74) is 8.09. The van der Waals surface area contributed by atoms with Crippen LogP contribution in [0.1, 0.15) is 56.6 Å². The molecule has 1 aromatic rings. The Morgan fingerprint density at radius 3 is 2.38 bits per heavy atom. The molecule has 1 amide bonds. The first-order chi connectivity index (χ1) is 10.2. The van der Waals surface area contributed by atoms with E-state index >= 15 is 0 Å². The van der Waals surface area contributed by atoms with Crippen LogP contribution in [-0.4, -0.2) is 23.4 Å². The molecule has 0 saturated heterocycles. The molecule has 3 nitrogen and oxygen atoms in total. The molecule has 0 spiro atoms. The van der Waals surface area contributed by atoms with E-state index in [9.17, 15) is 4.79 Å². The van der Waals surface area contributed by atoms with Crippen LogP contribution in [0.15, 0.2) is 24.3 Å². The highest BCUT2D eigenvalue weighted by Crippen LogP contribution is 2.29. The van der Waals surface area contributed by atoms with E-state index in [-0.39, 0.29) is 0 Å². The van der Waals surface area contributed by atoms with Crippen molar-refractivity contribution in [1.82, 2.24) is 4.90 Å². The van der Waals surface area contributed by atoms with E-state index in [1.807, 2.05) is 0 Å². The predicted octanol–water partition coefficient (Wildman–Crippen LogP) is 3.26. The van der Waals surface area contributed by atoms with Crippen LogP contribution in [0.2, 0.25) is 0 Å². The molecule has 0 heterocycles. The average Bonchev–Trinajstić information content (AvgIpc) is 3.34. The van der Waals surface area contributed by atoms with Crippen LogP contribution >= 0.6 is 0 Å². The minimum atomic E-state index is 0.314. The second-order valence-electron chi connectivity index (χ2n) is 6.02. The maximum Gasteiger partial charge on any atom is 0.223 e. The van der Waals surface area contributed by atoms with Crippen LogP contribution in [0, 0.1) is 0 Å². The topological polar surface area (TPSA) is 46.3 Å². The number of amides is 1. The van der Waals surface area contributed by atoms with Gasteiger partial charge >= 0.3 is 0 Å². The Hall–Kier alpha value is -1.35. The van der Waals surface area contributed by atoms with E-state index in [1.165, 1.54) is 24.0 Å². The molecule has 1 aliphatic carbocycles. The summed E-state index contributed by atoms with van der Waals surface area (Å²) in [7, 11) is 0. The van der Waals surface area contributed by atoms with Gasteiger partial charge in [0.25, 0.3) is 0 Å². The van der Waals surface area contributed by atoms with Crippen LogP contribution in [0.3, 0.4) is 0 Å². The number of aryl methyl sites for hydroxylation is 1. The molecule has 1 aromatic carbocycles. The van der Waals surface area contributed by atoms with Gasteiger partial charge in [-0.3, -0.25) is 4.79 Å². The molecule has 2 N–H and O–H groups in total. The van der Waals surface area contributed by atoms with Crippen molar-refractivity contribution in [2.24, 2.45) is 5.73 Å². The smallest absolute Gasteiger partial charge is 0.223 e. The fourth-order valence-electron chi connectivity index (χ4n) is 2.63. The molecule has 0 unspecified atom stereocenters. The van der Waals surface area contributed by atoms with E-state index in [1.54, 1.807) is 0 Å². The van der Waals surface area contributed by atoms with Crippen molar-refractivity contribution >= 4 is 5.91 Å². The van der Waals surface area contributed by atoms with E-state index in [2.05, 4.69) is 36.1 Å². The van der Waals surface area contributed by atoms with Gasteiger partial charge in [0, 0.05) is 19.0 Å². The molecule has 1 saturated carbocycles. The first-order valence-corrected chi connectivity index (χ1v) is 8.32. The lowest BCUT2D eigenvalue weighted by Crippen LogP contribution is -2.32. The van der Waals surface area contributed by atoms with Crippen LogP contribution in [-0.2, 0) is 17.8 Å². The van der Waals surface area contributed by atoms with Gasteiger partial charge in [0.15, 0.2) is 0 Å². The number of hydrogen-bond acceptors (Lipinski definition) is 2. The predicted molar refractivity (Wildman–Crippen MR) is 86.9 cm³/mol. The highest BCUT2D eigenvalue weighted by Gasteiger charge is 2.31. The van der Waals surface area contributed by atoms with E-state index < -0.39 is 0 Å². The molecule has 1 fully saturated rings. The summed E-state index contributed by atoms with van der Waals surface area (Å²) in [4.78, 5) is 14.5.